The summed E-state index contributed by atoms with van der Waals surface area (Å²) in [5, 5.41) is 11.2. The number of aldehydes is 1. The molecule has 1 amide bonds. The van der Waals surface area contributed by atoms with Gasteiger partial charge < -0.3 is 9.84 Å². The van der Waals surface area contributed by atoms with Crippen LogP contribution in [0.5, 0.6) is 0 Å². The second-order valence-electron chi connectivity index (χ2n) is 4.85. The van der Waals surface area contributed by atoms with E-state index in [9.17, 15) is 14.4 Å². The fourth-order valence-corrected chi connectivity index (χ4v) is 1.32. The van der Waals surface area contributed by atoms with Crippen LogP contribution in [0.2, 0.25) is 0 Å². The average Bonchev–Trinajstić information content (AvgIpc) is 2.26. The molecule has 1 rings (SSSR count). The van der Waals surface area contributed by atoms with Gasteiger partial charge >= 0.3 is 12.1 Å². The van der Waals surface area contributed by atoms with Crippen molar-refractivity contribution < 1.29 is 24.2 Å². The molecule has 102 valence electrons. The number of rotatable bonds is 3. The van der Waals surface area contributed by atoms with Gasteiger partial charge in [0.2, 0.25) is 0 Å². The van der Waals surface area contributed by atoms with Crippen LogP contribution in [-0.4, -0.2) is 29.1 Å². The van der Waals surface area contributed by atoms with Gasteiger partial charge in [-0.1, -0.05) is 0 Å². The van der Waals surface area contributed by atoms with Crippen LogP contribution < -0.4 is 5.32 Å². The number of anilines is 1. The Balaban J connectivity index is 2.93. The van der Waals surface area contributed by atoms with Crippen molar-refractivity contribution >= 4 is 24.0 Å². The zero-order valence-corrected chi connectivity index (χ0v) is 10.9. The van der Waals surface area contributed by atoms with Gasteiger partial charge in [-0.3, -0.25) is 10.1 Å². The largest absolute Gasteiger partial charge is 0.478 e. The molecule has 0 aliphatic carbocycles. The van der Waals surface area contributed by atoms with E-state index in [0.29, 0.717) is 6.29 Å². The molecule has 19 heavy (non-hydrogen) atoms. The molecule has 0 saturated heterocycles. The summed E-state index contributed by atoms with van der Waals surface area (Å²) >= 11 is 0. The molecule has 2 N–H and O–H groups in total. The smallest absolute Gasteiger partial charge is 0.412 e. The van der Waals surface area contributed by atoms with E-state index in [0.717, 1.165) is 0 Å². The van der Waals surface area contributed by atoms with E-state index >= 15 is 0 Å². The normalized spacial score (nSPS) is 10.7. The van der Waals surface area contributed by atoms with Gasteiger partial charge in [0.15, 0.2) is 6.29 Å². The molecule has 0 aliphatic heterocycles. The highest BCUT2D eigenvalue weighted by Gasteiger charge is 2.17. The summed E-state index contributed by atoms with van der Waals surface area (Å²) in [5.41, 5.74) is -0.413. The van der Waals surface area contributed by atoms with Gasteiger partial charge in [0.1, 0.15) is 5.60 Å². The maximum absolute atomic E-state index is 11.5. The summed E-state index contributed by atoms with van der Waals surface area (Å²) in [6.45, 7) is 5.13. The first-order valence-electron chi connectivity index (χ1n) is 5.55. The quantitative estimate of drug-likeness (QED) is 0.819. The number of carboxylic acids is 1. The van der Waals surface area contributed by atoms with Crippen LogP contribution >= 0.6 is 0 Å². The molecule has 0 aliphatic rings. The summed E-state index contributed by atoms with van der Waals surface area (Å²) < 4.78 is 5.04. The molecule has 0 saturated carbocycles. The van der Waals surface area contributed by atoms with Crippen LogP contribution in [-0.2, 0) is 4.74 Å². The van der Waals surface area contributed by atoms with Crippen molar-refractivity contribution in [3.63, 3.8) is 0 Å². The Morgan fingerprint density at radius 2 is 1.95 bits per heavy atom. The monoisotopic (exact) mass is 265 g/mol. The molecule has 0 unspecified atom stereocenters. The minimum atomic E-state index is -1.15. The number of carbonyl (C=O) groups excluding carboxylic acids is 2. The average molecular weight is 265 g/mol. The number of benzene rings is 1. The third-order valence-corrected chi connectivity index (χ3v) is 2.06. The van der Waals surface area contributed by atoms with Crippen molar-refractivity contribution in [2.75, 3.05) is 5.32 Å². The van der Waals surface area contributed by atoms with Crippen molar-refractivity contribution in [2.45, 2.75) is 26.4 Å². The van der Waals surface area contributed by atoms with Crippen LogP contribution in [0.3, 0.4) is 0 Å². The summed E-state index contributed by atoms with van der Waals surface area (Å²) in [6, 6.07) is 3.82. The fourth-order valence-electron chi connectivity index (χ4n) is 1.32. The molecule has 6 heteroatoms. The first kappa shape index (κ1) is 14.7. The van der Waals surface area contributed by atoms with Crippen molar-refractivity contribution in [1.82, 2.24) is 0 Å². The van der Waals surface area contributed by atoms with Gasteiger partial charge in [0, 0.05) is 5.56 Å². The van der Waals surface area contributed by atoms with Crippen LogP contribution in [0.25, 0.3) is 0 Å². The van der Waals surface area contributed by atoms with Crippen LogP contribution in [0.4, 0.5) is 10.5 Å². The van der Waals surface area contributed by atoms with E-state index in [4.69, 9.17) is 9.84 Å². The van der Waals surface area contributed by atoms with Crippen LogP contribution in [0.1, 0.15) is 41.5 Å². The van der Waals surface area contributed by atoms with E-state index in [1.807, 2.05) is 0 Å². The van der Waals surface area contributed by atoms with E-state index in [1.54, 1.807) is 20.8 Å². The number of carbonyl (C=O) groups is 3. The van der Waals surface area contributed by atoms with E-state index < -0.39 is 17.7 Å². The first-order chi connectivity index (χ1) is 8.73. The summed E-state index contributed by atoms with van der Waals surface area (Å²) in [6.07, 6.45) is -0.238. The number of ether oxygens (including phenoxy) is 1. The molecule has 0 atom stereocenters. The summed E-state index contributed by atoms with van der Waals surface area (Å²) in [5.74, 6) is -1.15. The minimum Gasteiger partial charge on any atom is -0.478 e. The van der Waals surface area contributed by atoms with Crippen molar-refractivity contribution in [2.24, 2.45) is 0 Å². The van der Waals surface area contributed by atoms with Gasteiger partial charge in [-0.25, -0.2) is 9.59 Å². The molecule has 0 radical (unpaired) electrons. The molecule has 0 aromatic heterocycles. The molecule has 1 aromatic carbocycles. The third kappa shape index (κ3) is 4.42. The Morgan fingerprint density at radius 1 is 1.32 bits per heavy atom. The topological polar surface area (TPSA) is 92.7 Å². The zero-order chi connectivity index (χ0) is 14.6. The van der Waals surface area contributed by atoms with Gasteiger partial charge in [-0.05, 0) is 39.0 Å². The molecule has 0 bridgehead atoms. The zero-order valence-electron chi connectivity index (χ0n) is 10.9. The second-order valence-corrected chi connectivity index (χ2v) is 4.85. The molecule has 0 spiro atoms. The van der Waals surface area contributed by atoms with Gasteiger partial charge in [-0.15, -0.1) is 0 Å². The number of carboxylic acid groups (broad SMARTS) is 1. The standard InChI is InChI=1S/C13H15NO5/c1-13(2,3)19-12(18)14-10-5-4-8(11(16)17)6-9(10)7-15/h4-7H,1-3H3,(H,14,18)(H,16,17). The fraction of sp³-hybridized carbons (Fsp3) is 0.308. The van der Waals surface area contributed by atoms with Gasteiger partial charge in [0.25, 0.3) is 0 Å². The number of aromatic carboxylic acids is 1. The second kappa shape index (κ2) is 5.51. The third-order valence-electron chi connectivity index (χ3n) is 2.06. The maximum Gasteiger partial charge on any atom is 0.412 e. The van der Waals surface area contributed by atoms with Crippen molar-refractivity contribution in [3.05, 3.63) is 29.3 Å². The summed E-state index contributed by atoms with van der Waals surface area (Å²) in [4.78, 5) is 33.2. The van der Waals surface area contributed by atoms with Gasteiger partial charge in [-0.2, -0.15) is 0 Å². The van der Waals surface area contributed by atoms with Gasteiger partial charge in [0.05, 0.1) is 11.3 Å². The lowest BCUT2D eigenvalue weighted by molar-refractivity contribution is 0.0634. The Labute approximate surface area is 110 Å². The molecule has 0 fully saturated rings. The van der Waals surface area contributed by atoms with E-state index in [-0.39, 0.29) is 16.8 Å². The van der Waals surface area contributed by atoms with E-state index in [2.05, 4.69) is 5.32 Å². The Hall–Kier alpha value is -2.37. The Morgan fingerprint density at radius 3 is 2.42 bits per heavy atom. The van der Waals surface area contributed by atoms with Crippen molar-refractivity contribution in [1.29, 1.82) is 0 Å². The lowest BCUT2D eigenvalue weighted by atomic mass is 10.1. The molecule has 0 heterocycles. The Bertz CT molecular complexity index is 516. The van der Waals surface area contributed by atoms with Crippen molar-refractivity contribution in [3.8, 4) is 0 Å². The highest BCUT2D eigenvalue weighted by atomic mass is 16.6. The van der Waals surface area contributed by atoms with E-state index in [1.165, 1.54) is 18.2 Å². The number of amides is 1. The van der Waals surface area contributed by atoms with Crippen LogP contribution in [0.15, 0.2) is 18.2 Å². The predicted octanol–water partition coefficient (Wildman–Crippen LogP) is 2.54. The number of nitrogens with one attached hydrogen (secondary N) is 1. The molecule has 6 nitrogen and oxygen atoms in total. The Kier molecular flexibility index (Phi) is 4.26. The highest BCUT2D eigenvalue weighted by molar-refractivity contribution is 5.97. The maximum atomic E-state index is 11.5. The predicted molar refractivity (Wildman–Crippen MR) is 68.6 cm³/mol. The lowest BCUT2D eigenvalue weighted by Crippen LogP contribution is -2.27. The number of hydrogen-bond acceptors (Lipinski definition) is 4. The van der Waals surface area contributed by atoms with Crippen LogP contribution in [0, 0.1) is 0 Å². The lowest BCUT2D eigenvalue weighted by Gasteiger charge is -2.20. The summed E-state index contributed by atoms with van der Waals surface area (Å²) in [7, 11) is 0. The number of hydrogen-bond donors (Lipinski definition) is 2. The minimum absolute atomic E-state index is 0.0307. The first-order valence-corrected chi connectivity index (χ1v) is 5.55. The highest BCUT2D eigenvalue weighted by Crippen LogP contribution is 2.17. The molecular formula is C13H15NO5. The molecule has 1 aromatic rings. The SMILES string of the molecule is CC(C)(C)OC(=O)Nc1ccc(C(=O)O)cc1C=O. The molecular weight excluding hydrogens is 250 g/mol.